The molecule has 4 nitrogen and oxygen atoms in total. The number of benzene rings is 1. The van der Waals surface area contributed by atoms with E-state index in [2.05, 4.69) is 14.9 Å². The van der Waals surface area contributed by atoms with Gasteiger partial charge in [-0.15, -0.1) is 0 Å². The highest BCUT2D eigenvalue weighted by Crippen LogP contribution is 2.32. The minimum absolute atomic E-state index is 0.0990. The number of fused-ring (bicyclic) bond motifs is 3. The molecule has 4 heterocycles. The third-order valence-corrected chi connectivity index (χ3v) is 5.00. The second-order valence-corrected chi connectivity index (χ2v) is 6.63. The number of halogens is 3. The van der Waals surface area contributed by atoms with Crippen LogP contribution in [-0.4, -0.2) is 40.6 Å². The van der Waals surface area contributed by atoms with Crippen molar-refractivity contribution in [3.8, 4) is 17.1 Å². The first-order chi connectivity index (χ1) is 12.0. The van der Waals surface area contributed by atoms with Gasteiger partial charge in [0.2, 0.25) is 0 Å². The van der Waals surface area contributed by atoms with Crippen LogP contribution >= 0.6 is 0 Å². The van der Waals surface area contributed by atoms with E-state index in [-0.39, 0.29) is 12.1 Å². The number of aromatic nitrogens is 2. The van der Waals surface area contributed by atoms with Crippen molar-refractivity contribution in [2.24, 2.45) is 5.92 Å². The molecule has 5 rings (SSSR count). The van der Waals surface area contributed by atoms with E-state index in [0.717, 1.165) is 44.6 Å². The normalized spacial score (nSPS) is 25.8. The molecule has 0 amide bonds. The van der Waals surface area contributed by atoms with Crippen molar-refractivity contribution in [1.29, 1.82) is 0 Å². The molecule has 1 aromatic heterocycles. The Bertz CT molecular complexity index is 740. The molecule has 3 aliphatic heterocycles. The summed E-state index contributed by atoms with van der Waals surface area (Å²) in [5.41, 5.74) is 0.286. The van der Waals surface area contributed by atoms with Crippen molar-refractivity contribution in [2.75, 3.05) is 19.6 Å². The molecule has 3 saturated heterocycles. The van der Waals surface area contributed by atoms with Crippen LogP contribution in [-0.2, 0) is 6.18 Å². The largest absolute Gasteiger partial charge is 0.458 e. The van der Waals surface area contributed by atoms with E-state index in [9.17, 15) is 13.2 Å². The molecule has 132 valence electrons. The summed E-state index contributed by atoms with van der Waals surface area (Å²) in [5, 5.41) is 0. The summed E-state index contributed by atoms with van der Waals surface area (Å²) in [5.74, 6) is 0.539. The molecule has 0 N–H and O–H groups in total. The fourth-order valence-corrected chi connectivity index (χ4v) is 3.58. The van der Waals surface area contributed by atoms with Crippen LogP contribution in [0, 0.1) is 5.92 Å². The number of alkyl halides is 3. The van der Waals surface area contributed by atoms with Gasteiger partial charge in [-0.1, -0.05) is 12.1 Å². The Morgan fingerprint density at radius 2 is 1.76 bits per heavy atom. The molecule has 0 radical (unpaired) electrons. The quantitative estimate of drug-likeness (QED) is 0.848. The first kappa shape index (κ1) is 16.3. The topological polar surface area (TPSA) is 38.2 Å². The first-order valence-corrected chi connectivity index (χ1v) is 8.38. The maximum atomic E-state index is 12.8. The smallest absolute Gasteiger partial charge is 0.416 e. The molecule has 25 heavy (non-hydrogen) atoms. The van der Waals surface area contributed by atoms with Crippen LogP contribution in [0.4, 0.5) is 13.2 Å². The molecule has 2 aromatic rings. The highest BCUT2D eigenvalue weighted by Gasteiger charge is 2.36. The number of ether oxygens (including phenoxy) is 1. The Kier molecular flexibility index (Phi) is 4.11. The summed E-state index contributed by atoms with van der Waals surface area (Å²) in [7, 11) is 0. The lowest BCUT2D eigenvalue weighted by Gasteiger charge is -2.43. The van der Waals surface area contributed by atoms with Crippen molar-refractivity contribution >= 4 is 0 Å². The van der Waals surface area contributed by atoms with Gasteiger partial charge in [-0.25, -0.2) is 9.97 Å². The predicted octanol–water partition coefficient (Wildman–Crippen LogP) is 3.64. The van der Waals surface area contributed by atoms with Crippen molar-refractivity contribution < 1.29 is 17.9 Å². The number of piperidine rings is 3. The summed E-state index contributed by atoms with van der Waals surface area (Å²) >= 11 is 0. The Hall–Kier alpha value is -2.15. The van der Waals surface area contributed by atoms with E-state index in [1.54, 1.807) is 6.07 Å². The van der Waals surface area contributed by atoms with Crippen LogP contribution in [0.15, 0.2) is 36.7 Å². The van der Waals surface area contributed by atoms with Gasteiger partial charge in [-0.05, 0) is 49.5 Å². The molecule has 1 atom stereocenters. The molecular weight excluding hydrogens is 331 g/mol. The highest BCUT2D eigenvalue weighted by molar-refractivity contribution is 5.62. The summed E-state index contributed by atoms with van der Waals surface area (Å²) in [6.07, 6.45) is 1.02. The van der Waals surface area contributed by atoms with Crippen molar-refractivity contribution in [3.05, 3.63) is 42.2 Å². The maximum Gasteiger partial charge on any atom is 0.416 e. The maximum absolute atomic E-state index is 12.8. The van der Waals surface area contributed by atoms with Gasteiger partial charge in [-0.3, -0.25) is 4.90 Å². The van der Waals surface area contributed by atoms with Crippen LogP contribution < -0.4 is 4.74 Å². The van der Waals surface area contributed by atoms with Crippen molar-refractivity contribution in [3.63, 3.8) is 0 Å². The molecule has 2 bridgehead atoms. The summed E-state index contributed by atoms with van der Waals surface area (Å²) in [6, 6.07) is 5.44. The number of nitrogens with zero attached hydrogens (tertiary/aromatic N) is 3. The van der Waals surface area contributed by atoms with Crippen molar-refractivity contribution in [2.45, 2.75) is 25.1 Å². The second kappa shape index (κ2) is 6.29. The highest BCUT2D eigenvalue weighted by atomic mass is 19.4. The predicted molar refractivity (Wildman–Crippen MR) is 86.1 cm³/mol. The first-order valence-electron chi connectivity index (χ1n) is 8.38. The van der Waals surface area contributed by atoms with E-state index in [1.165, 1.54) is 18.5 Å². The van der Waals surface area contributed by atoms with Gasteiger partial charge in [0.05, 0.1) is 5.56 Å². The number of rotatable bonds is 3. The molecule has 0 aliphatic carbocycles. The zero-order valence-electron chi connectivity index (χ0n) is 13.5. The Morgan fingerprint density at radius 3 is 2.36 bits per heavy atom. The molecule has 1 unspecified atom stereocenters. The van der Waals surface area contributed by atoms with E-state index < -0.39 is 11.7 Å². The molecule has 1 aromatic carbocycles. The lowest BCUT2D eigenvalue weighted by Crippen LogP contribution is -2.52. The van der Waals surface area contributed by atoms with Gasteiger partial charge in [0.25, 0.3) is 0 Å². The van der Waals surface area contributed by atoms with Crippen LogP contribution in [0.3, 0.4) is 0 Å². The molecule has 7 heteroatoms. The van der Waals surface area contributed by atoms with Gasteiger partial charge in [0.15, 0.2) is 0 Å². The van der Waals surface area contributed by atoms with E-state index in [0.29, 0.717) is 17.0 Å². The minimum Gasteiger partial charge on any atom is -0.458 e. The molecule has 0 spiro atoms. The van der Waals surface area contributed by atoms with Crippen molar-refractivity contribution in [1.82, 2.24) is 14.9 Å². The van der Waals surface area contributed by atoms with E-state index in [4.69, 9.17) is 4.74 Å². The van der Waals surface area contributed by atoms with Gasteiger partial charge in [0.1, 0.15) is 6.10 Å². The van der Waals surface area contributed by atoms with Gasteiger partial charge in [-0.2, -0.15) is 13.2 Å². The third-order valence-electron chi connectivity index (χ3n) is 5.00. The average Bonchev–Trinajstić information content (AvgIpc) is 2.63. The SMILES string of the molecule is FC(F)(F)c1cccc(-c2cnc(OC3CN4CCC3CC4)nc2)c1. The van der Waals surface area contributed by atoms with Gasteiger partial charge in [0, 0.05) is 24.5 Å². The van der Waals surface area contributed by atoms with Gasteiger partial charge < -0.3 is 4.74 Å². The Morgan fingerprint density at radius 1 is 1.04 bits per heavy atom. The zero-order chi connectivity index (χ0) is 17.4. The minimum atomic E-state index is -4.37. The molecular formula is C18H18F3N3O. The van der Waals surface area contributed by atoms with Crippen LogP contribution in [0.25, 0.3) is 11.1 Å². The Balaban J connectivity index is 1.49. The molecule has 3 aliphatic rings. The second-order valence-electron chi connectivity index (χ2n) is 6.63. The third kappa shape index (κ3) is 3.46. The summed E-state index contributed by atoms with van der Waals surface area (Å²) < 4.78 is 44.4. The number of hydrogen-bond acceptors (Lipinski definition) is 4. The van der Waals surface area contributed by atoms with Crippen LogP contribution in [0.2, 0.25) is 0 Å². The van der Waals surface area contributed by atoms with E-state index >= 15 is 0 Å². The van der Waals surface area contributed by atoms with Crippen LogP contribution in [0.5, 0.6) is 6.01 Å². The molecule has 3 fully saturated rings. The van der Waals surface area contributed by atoms with Gasteiger partial charge >= 0.3 is 12.2 Å². The lowest BCUT2D eigenvalue weighted by atomic mass is 9.86. The zero-order valence-corrected chi connectivity index (χ0v) is 13.5. The standard InChI is InChI=1S/C18H18F3N3O/c19-18(20,21)15-3-1-2-13(8-15)14-9-22-17(23-10-14)25-16-11-24-6-4-12(16)5-7-24/h1-3,8-10,12,16H,4-7,11H2. The lowest BCUT2D eigenvalue weighted by molar-refractivity contribution is -0.137. The van der Waals surface area contributed by atoms with E-state index in [1.807, 2.05) is 0 Å². The fraction of sp³-hybridized carbons (Fsp3) is 0.444. The monoisotopic (exact) mass is 349 g/mol. The van der Waals surface area contributed by atoms with Crippen LogP contribution in [0.1, 0.15) is 18.4 Å². The number of hydrogen-bond donors (Lipinski definition) is 0. The summed E-state index contributed by atoms with van der Waals surface area (Å²) in [6.45, 7) is 3.14. The Labute approximate surface area is 143 Å². The average molecular weight is 349 g/mol. The molecule has 0 saturated carbocycles. The fourth-order valence-electron chi connectivity index (χ4n) is 3.58. The summed E-state index contributed by atoms with van der Waals surface area (Å²) in [4.78, 5) is 10.8.